The normalized spacial score (nSPS) is 14.1. The molecule has 0 fully saturated rings. The molecule has 0 radical (unpaired) electrons. The van der Waals surface area contributed by atoms with Crippen molar-refractivity contribution in [3.8, 4) is 11.1 Å². The SMILES string of the molecule is CC(C)c1ccc2c(c1)B1c3cc(C(C)C)ccc3N3c4ccc(C(C)C)cc4B4c5ccccc5Sc5cc(c1c3c54)N2c1c(F)cccc1-c1ccccc1. The van der Waals surface area contributed by atoms with E-state index in [0.29, 0.717) is 23.4 Å². The molecular weight excluding hydrogens is 713 g/mol. The molecule has 0 bridgehead atoms. The second-order valence-electron chi connectivity index (χ2n) is 17.2. The first kappa shape index (κ1) is 34.8. The van der Waals surface area contributed by atoms with E-state index in [9.17, 15) is 0 Å². The lowest BCUT2D eigenvalue weighted by Gasteiger charge is -2.50. The minimum atomic E-state index is -0.232. The zero-order valence-corrected chi connectivity index (χ0v) is 34.1. The monoisotopic (exact) mass is 756 g/mol. The van der Waals surface area contributed by atoms with Gasteiger partial charge < -0.3 is 9.80 Å². The highest BCUT2D eigenvalue weighted by Gasteiger charge is 2.51. The smallest absolute Gasteiger partial charge is 0.252 e. The van der Waals surface area contributed by atoms with Crippen molar-refractivity contribution in [1.82, 2.24) is 0 Å². The summed E-state index contributed by atoms with van der Waals surface area (Å²) in [5, 5.41) is 0. The predicted octanol–water partition coefficient (Wildman–Crippen LogP) is 10.2. The molecule has 6 heteroatoms. The van der Waals surface area contributed by atoms with Crippen LogP contribution in [0.1, 0.15) is 76.0 Å². The maximum atomic E-state index is 17.1. The molecule has 7 aromatic carbocycles. The molecule has 2 nitrogen and oxygen atoms in total. The van der Waals surface area contributed by atoms with Gasteiger partial charge in [-0.2, -0.15) is 0 Å². The van der Waals surface area contributed by atoms with Crippen molar-refractivity contribution < 1.29 is 4.39 Å². The lowest BCUT2D eigenvalue weighted by atomic mass is 9.29. The van der Waals surface area contributed by atoms with Crippen LogP contribution in [0.4, 0.5) is 38.5 Å². The van der Waals surface area contributed by atoms with Crippen molar-refractivity contribution in [1.29, 1.82) is 0 Å². The summed E-state index contributed by atoms with van der Waals surface area (Å²) in [6.45, 7) is 13.8. The second-order valence-corrected chi connectivity index (χ2v) is 18.3. The third-order valence-electron chi connectivity index (χ3n) is 12.9. The predicted molar refractivity (Wildman–Crippen MR) is 243 cm³/mol. The molecular formula is C51H43B2FN2S. The minimum Gasteiger partial charge on any atom is -0.312 e. The summed E-state index contributed by atoms with van der Waals surface area (Å²) in [6, 6.07) is 48.7. The topological polar surface area (TPSA) is 6.48 Å². The van der Waals surface area contributed by atoms with Gasteiger partial charge in [0, 0.05) is 43.8 Å². The Hall–Kier alpha value is -5.45. The molecule has 0 aromatic heterocycles. The Morgan fingerprint density at radius 2 is 0.982 bits per heavy atom. The summed E-state index contributed by atoms with van der Waals surface area (Å²) in [6.07, 6.45) is 0. The zero-order chi connectivity index (χ0) is 38.9. The van der Waals surface area contributed by atoms with Crippen LogP contribution < -0.4 is 42.6 Å². The summed E-state index contributed by atoms with van der Waals surface area (Å²) in [5.74, 6) is 0.873. The van der Waals surface area contributed by atoms with Gasteiger partial charge in [0.15, 0.2) is 0 Å². The van der Waals surface area contributed by atoms with Crippen LogP contribution in [0.15, 0.2) is 143 Å². The fourth-order valence-corrected chi connectivity index (χ4v) is 11.2. The van der Waals surface area contributed by atoms with Crippen LogP contribution in [0, 0.1) is 5.82 Å². The maximum absolute atomic E-state index is 17.1. The molecule has 7 aromatic rings. The molecule has 4 aliphatic rings. The first-order valence-corrected chi connectivity index (χ1v) is 21.3. The van der Waals surface area contributed by atoms with Crippen LogP contribution >= 0.6 is 11.8 Å². The van der Waals surface area contributed by atoms with Crippen LogP contribution in [-0.2, 0) is 0 Å². The van der Waals surface area contributed by atoms with Crippen molar-refractivity contribution in [3.63, 3.8) is 0 Å². The molecule has 276 valence electrons. The van der Waals surface area contributed by atoms with E-state index in [-0.39, 0.29) is 19.2 Å². The van der Waals surface area contributed by atoms with Crippen molar-refractivity contribution >= 4 is 92.1 Å². The zero-order valence-electron chi connectivity index (χ0n) is 33.3. The van der Waals surface area contributed by atoms with E-state index >= 15 is 4.39 Å². The summed E-state index contributed by atoms with van der Waals surface area (Å²) in [5.41, 5.74) is 20.2. The number of fused-ring (bicyclic) bond motifs is 10. The van der Waals surface area contributed by atoms with E-state index in [1.807, 2.05) is 36.0 Å². The van der Waals surface area contributed by atoms with E-state index in [4.69, 9.17) is 0 Å². The fraction of sp³-hybridized carbons (Fsp3) is 0.176. The summed E-state index contributed by atoms with van der Waals surface area (Å²) in [4.78, 5) is 7.39. The van der Waals surface area contributed by atoms with Crippen LogP contribution in [0.2, 0.25) is 0 Å². The third-order valence-corrected chi connectivity index (χ3v) is 14.1. The average Bonchev–Trinajstić information content (AvgIpc) is 3.22. The van der Waals surface area contributed by atoms with Crippen LogP contribution in [0.25, 0.3) is 11.1 Å². The summed E-state index contributed by atoms with van der Waals surface area (Å²) >= 11 is 1.87. The number of hydrogen-bond acceptors (Lipinski definition) is 3. The van der Waals surface area contributed by atoms with Crippen molar-refractivity contribution in [3.05, 3.63) is 156 Å². The van der Waals surface area contributed by atoms with E-state index < -0.39 is 0 Å². The van der Waals surface area contributed by atoms with Gasteiger partial charge in [0.25, 0.3) is 6.71 Å². The highest BCUT2D eigenvalue weighted by atomic mass is 32.2. The number of benzene rings is 7. The van der Waals surface area contributed by atoms with Gasteiger partial charge in [-0.3, -0.25) is 0 Å². The number of hydrogen-bond donors (Lipinski definition) is 0. The quantitative estimate of drug-likeness (QED) is 0.162. The molecule has 0 amide bonds. The van der Waals surface area contributed by atoms with Crippen LogP contribution in [-0.4, -0.2) is 13.4 Å². The largest absolute Gasteiger partial charge is 0.312 e. The lowest BCUT2D eigenvalue weighted by molar-refractivity contribution is 0.629. The molecule has 0 unspecified atom stereocenters. The van der Waals surface area contributed by atoms with Gasteiger partial charge in [-0.25, -0.2) is 4.39 Å². The van der Waals surface area contributed by atoms with Gasteiger partial charge in [0.05, 0.1) is 5.69 Å². The maximum Gasteiger partial charge on any atom is 0.252 e. The van der Waals surface area contributed by atoms with Gasteiger partial charge in [-0.05, 0) is 104 Å². The number of para-hydroxylation sites is 1. The van der Waals surface area contributed by atoms with E-state index in [2.05, 4.69) is 154 Å². The molecule has 0 atom stereocenters. The lowest BCUT2D eigenvalue weighted by Crippen LogP contribution is -2.68. The molecule has 57 heavy (non-hydrogen) atoms. The second kappa shape index (κ2) is 12.8. The number of nitrogens with zero attached hydrogens (tertiary/aromatic N) is 2. The number of anilines is 6. The summed E-state index contributed by atoms with van der Waals surface area (Å²) < 4.78 is 17.1. The number of rotatable bonds is 5. The Morgan fingerprint density at radius 1 is 0.456 bits per heavy atom. The molecule has 0 aliphatic carbocycles. The Balaban J connectivity index is 1.31. The van der Waals surface area contributed by atoms with Gasteiger partial charge in [0.1, 0.15) is 5.82 Å². The molecule has 0 N–H and O–H groups in total. The average molecular weight is 757 g/mol. The fourth-order valence-electron chi connectivity index (χ4n) is 10.1. The number of halogens is 1. The molecule has 0 spiro atoms. The van der Waals surface area contributed by atoms with Crippen LogP contribution in [0.3, 0.4) is 0 Å². The van der Waals surface area contributed by atoms with E-state index in [1.54, 1.807) is 6.07 Å². The van der Waals surface area contributed by atoms with Gasteiger partial charge in [0.2, 0.25) is 6.71 Å². The Kier molecular flexibility index (Phi) is 7.80. The van der Waals surface area contributed by atoms with Gasteiger partial charge >= 0.3 is 0 Å². The Morgan fingerprint density at radius 3 is 1.56 bits per heavy atom. The highest BCUT2D eigenvalue weighted by molar-refractivity contribution is 8.00. The Bertz CT molecular complexity index is 2810. The first-order valence-electron chi connectivity index (χ1n) is 20.5. The Labute approximate surface area is 340 Å². The highest BCUT2D eigenvalue weighted by Crippen LogP contribution is 2.50. The molecule has 0 saturated carbocycles. The standard InChI is InChI=1S/C51H43B2FN2S/c1-29(2)33-19-22-42-38(25-33)52-37-16-10-11-18-46(37)57-47-28-45-48-51(49(47)52)55(42)43-23-20-34(30(3)4)26-39(43)53(48)40-27-35(31(5)6)21-24-44(40)56(45)50-36(15-12-17-41(50)54)32-13-8-7-9-14-32/h7-31H,1-6H3. The minimum absolute atomic E-state index is 0.0403. The van der Waals surface area contributed by atoms with Crippen molar-refractivity contribution in [2.75, 3.05) is 9.80 Å². The van der Waals surface area contributed by atoms with Crippen molar-refractivity contribution in [2.45, 2.75) is 69.1 Å². The van der Waals surface area contributed by atoms with Gasteiger partial charge in [-0.15, -0.1) is 0 Å². The third kappa shape index (κ3) is 4.99. The molecule has 4 aliphatic heterocycles. The summed E-state index contributed by atoms with van der Waals surface area (Å²) in [7, 11) is 0. The molecule has 11 rings (SSSR count). The van der Waals surface area contributed by atoms with Gasteiger partial charge in [-0.1, -0.05) is 156 Å². The molecule has 0 saturated heterocycles. The molecule has 4 heterocycles. The van der Waals surface area contributed by atoms with E-state index in [1.165, 1.54) is 76.3 Å². The van der Waals surface area contributed by atoms with Crippen molar-refractivity contribution in [2.24, 2.45) is 0 Å². The van der Waals surface area contributed by atoms with Crippen LogP contribution in [0.5, 0.6) is 0 Å². The first-order chi connectivity index (χ1) is 27.7. The van der Waals surface area contributed by atoms with E-state index in [0.717, 1.165) is 22.5 Å².